The minimum atomic E-state index is 0.164. The van der Waals surface area contributed by atoms with Crippen LogP contribution in [0.25, 0.3) is 0 Å². The van der Waals surface area contributed by atoms with Crippen molar-refractivity contribution in [3.63, 3.8) is 0 Å². The molecule has 1 aromatic heterocycles. The molecule has 1 fully saturated rings. The second-order valence-electron chi connectivity index (χ2n) is 5.60. The normalized spacial score (nSPS) is 26.9. The number of piperidine rings is 1. The van der Waals surface area contributed by atoms with E-state index in [2.05, 4.69) is 11.0 Å². The van der Waals surface area contributed by atoms with Gasteiger partial charge >= 0.3 is 0 Å². The molecule has 0 unspecified atom stereocenters. The highest BCUT2D eigenvalue weighted by molar-refractivity contribution is 5.16. The Hall–Kier alpha value is -1.13. The van der Waals surface area contributed by atoms with Crippen LogP contribution in [0.1, 0.15) is 24.5 Å². The van der Waals surface area contributed by atoms with Gasteiger partial charge in [0.2, 0.25) is 0 Å². The predicted molar refractivity (Wildman–Crippen MR) is 71.7 cm³/mol. The molecule has 3 rings (SSSR count). The second kappa shape index (κ2) is 4.86. The van der Waals surface area contributed by atoms with E-state index >= 15 is 0 Å². The first-order valence-corrected chi connectivity index (χ1v) is 6.90. The summed E-state index contributed by atoms with van der Waals surface area (Å²) in [5.74, 6) is 1.17. The highest BCUT2D eigenvalue weighted by atomic mass is 16.1. The Labute approximate surface area is 107 Å². The third-order valence-electron chi connectivity index (χ3n) is 4.23. The Balaban J connectivity index is 1.83. The van der Waals surface area contributed by atoms with E-state index in [1.807, 2.05) is 10.6 Å². The molecule has 1 aromatic rings. The van der Waals surface area contributed by atoms with Crippen molar-refractivity contribution < 1.29 is 0 Å². The maximum atomic E-state index is 11.9. The molecule has 0 radical (unpaired) electrons. The van der Waals surface area contributed by atoms with E-state index in [1.165, 1.54) is 12.1 Å². The molecule has 98 valence electrons. The van der Waals surface area contributed by atoms with Gasteiger partial charge in [-0.15, -0.1) is 0 Å². The van der Waals surface area contributed by atoms with Crippen LogP contribution in [0.15, 0.2) is 23.0 Å². The molecule has 1 saturated heterocycles. The maximum absolute atomic E-state index is 11.9. The molecule has 0 spiro atoms. The number of likely N-dealkylation sites (tertiary alicyclic amines) is 1. The zero-order valence-corrected chi connectivity index (χ0v) is 10.7. The summed E-state index contributed by atoms with van der Waals surface area (Å²) in [5, 5.41) is 0. The van der Waals surface area contributed by atoms with Crippen molar-refractivity contribution in [2.75, 3.05) is 26.2 Å². The molecule has 2 N–H and O–H groups in total. The van der Waals surface area contributed by atoms with Crippen LogP contribution in [-0.4, -0.2) is 35.6 Å². The summed E-state index contributed by atoms with van der Waals surface area (Å²) >= 11 is 0. The average Bonchev–Trinajstić information content (AvgIpc) is 2.38. The molecule has 4 heteroatoms. The number of nitrogens with two attached hydrogens (primary N) is 1. The molecular weight excluding hydrogens is 226 g/mol. The first-order chi connectivity index (χ1) is 8.78. The minimum absolute atomic E-state index is 0.164. The highest BCUT2D eigenvalue weighted by Gasteiger charge is 2.33. The third-order valence-corrected chi connectivity index (χ3v) is 4.23. The topological polar surface area (TPSA) is 51.3 Å². The van der Waals surface area contributed by atoms with Crippen molar-refractivity contribution in [1.29, 1.82) is 0 Å². The largest absolute Gasteiger partial charge is 0.330 e. The van der Waals surface area contributed by atoms with Gasteiger partial charge in [-0.05, 0) is 37.9 Å². The third kappa shape index (κ3) is 2.10. The maximum Gasteiger partial charge on any atom is 0.250 e. The molecular formula is C14H21N3O. The molecule has 2 bridgehead atoms. The van der Waals surface area contributed by atoms with Crippen molar-refractivity contribution in [1.82, 2.24) is 9.47 Å². The highest BCUT2D eigenvalue weighted by Crippen LogP contribution is 2.34. The SMILES string of the molecule is NCCCN1C[C@H]2C[C@@H](C1)c1cccc(=O)n1C2. The van der Waals surface area contributed by atoms with Crippen molar-refractivity contribution in [2.45, 2.75) is 25.3 Å². The number of aromatic nitrogens is 1. The lowest BCUT2D eigenvalue weighted by Crippen LogP contribution is -2.47. The van der Waals surface area contributed by atoms with Crippen molar-refractivity contribution in [2.24, 2.45) is 11.7 Å². The number of nitrogens with zero attached hydrogens (tertiary/aromatic N) is 2. The van der Waals surface area contributed by atoms with Crippen LogP contribution in [0.4, 0.5) is 0 Å². The fraction of sp³-hybridized carbons (Fsp3) is 0.643. The fourth-order valence-electron chi connectivity index (χ4n) is 3.49. The van der Waals surface area contributed by atoms with E-state index in [9.17, 15) is 4.79 Å². The summed E-state index contributed by atoms with van der Waals surface area (Å²) < 4.78 is 1.99. The van der Waals surface area contributed by atoms with Gasteiger partial charge in [-0.25, -0.2) is 0 Å². The van der Waals surface area contributed by atoms with Gasteiger partial charge in [0.05, 0.1) is 0 Å². The Morgan fingerprint density at radius 2 is 2.17 bits per heavy atom. The van der Waals surface area contributed by atoms with E-state index in [-0.39, 0.29) is 5.56 Å². The number of rotatable bonds is 3. The van der Waals surface area contributed by atoms with Gasteiger partial charge in [0.25, 0.3) is 5.56 Å². The fourth-order valence-corrected chi connectivity index (χ4v) is 3.49. The van der Waals surface area contributed by atoms with Gasteiger partial charge in [-0.3, -0.25) is 4.79 Å². The van der Waals surface area contributed by atoms with Crippen LogP contribution in [0.2, 0.25) is 0 Å². The van der Waals surface area contributed by atoms with Gasteiger partial charge in [0.15, 0.2) is 0 Å². The zero-order valence-electron chi connectivity index (χ0n) is 10.7. The lowest BCUT2D eigenvalue weighted by molar-refractivity contribution is 0.120. The quantitative estimate of drug-likeness (QED) is 0.851. The van der Waals surface area contributed by atoms with Crippen molar-refractivity contribution in [3.05, 3.63) is 34.2 Å². The molecule has 2 aliphatic rings. The van der Waals surface area contributed by atoms with Gasteiger partial charge < -0.3 is 15.2 Å². The molecule has 3 heterocycles. The summed E-state index contributed by atoms with van der Waals surface area (Å²) in [5.41, 5.74) is 6.98. The minimum Gasteiger partial charge on any atom is -0.330 e. The lowest BCUT2D eigenvalue weighted by Gasteiger charge is -2.42. The summed E-state index contributed by atoms with van der Waals surface area (Å²) in [6, 6.07) is 5.69. The molecule has 4 nitrogen and oxygen atoms in total. The molecule has 0 aliphatic carbocycles. The van der Waals surface area contributed by atoms with Gasteiger partial charge in [-0.1, -0.05) is 6.07 Å². The van der Waals surface area contributed by atoms with Crippen molar-refractivity contribution >= 4 is 0 Å². The summed E-state index contributed by atoms with van der Waals surface area (Å²) in [6.45, 7) is 4.96. The van der Waals surface area contributed by atoms with Crippen LogP contribution < -0.4 is 11.3 Å². The van der Waals surface area contributed by atoms with Gasteiger partial charge in [-0.2, -0.15) is 0 Å². The Morgan fingerprint density at radius 1 is 1.28 bits per heavy atom. The van der Waals surface area contributed by atoms with E-state index in [4.69, 9.17) is 5.73 Å². The van der Waals surface area contributed by atoms with E-state index in [0.29, 0.717) is 11.8 Å². The van der Waals surface area contributed by atoms with E-state index < -0.39 is 0 Å². The first kappa shape index (κ1) is 11.9. The summed E-state index contributed by atoms with van der Waals surface area (Å²) in [7, 11) is 0. The smallest absolute Gasteiger partial charge is 0.250 e. The van der Waals surface area contributed by atoms with Crippen LogP contribution >= 0.6 is 0 Å². The monoisotopic (exact) mass is 247 g/mol. The van der Waals surface area contributed by atoms with Crippen LogP contribution in [-0.2, 0) is 6.54 Å². The van der Waals surface area contributed by atoms with E-state index in [1.54, 1.807) is 6.07 Å². The standard InChI is InChI=1S/C14H21N3O/c15-5-2-6-16-8-11-7-12(10-16)13-3-1-4-14(18)17(13)9-11/h1,3-4,11-12H,2,5-10,15H2/t11-,12+/m1/s1. The van der Waals surface area contributed by atoms with Crippen LogP contribution in [0.3, 0.4) is 0 Å². The molecule has 0 aromatic carbocycles. The summed E-state index contributed by atoms with van der Waals surface area (Å²) in [6.07, 6.45) is 2.31. The number of hydrogen-bond donors (Lipinski definition) is 1. The van der Waals surface area contributed by atoms with Gasteiger partial charge in [0, 0.05) is 37.3 Å². The number of hydrogen-bond acceptors (Lipinski definition) is 3. The van der Waals surface area contributed by atoms with Gasteiger partial charge in [0.1, 0.15) is 0 Å². The Morgan fingerprint density at radius 3 is 3.00 bits per heavy atom. The van der Waals surface area contributed by atoms with E-state index in [0.717, 1.165) is 39.1 Å². The molecule has 2 aliphatic heterocycles. The predicted octanol–water partition coefficient (Wildman–Crippen LogP) is 0.616. The van der Waals surface area contributed by atoms with Crippen molar-refractivity contribution in [3.8, 4) is 0 Å². The number of fused-ring (bicyclic) bond motifs is 4. The zero-order chi connectivity index (χ0) is 12.5. The molecule has 0 amide bonds. The number of pyridine rings is 1. The van der Waals surface area contributed by atoms with Crippen LogP contribution in [0.5, 0.6) is 0 Å². The lowest BCUT2D eigenvalue weighted by atomic mass is 9.83. The Kier molecular flexibility index (Phi) is 3.22. The second-order valence-corrected chi connectivity index (χ2v) is 5.60. The average molecular weight is 247 g/mol. The Bertz CT molecular complexity index is 482. The molecule has 0 saturated carbocycles. The van der Waals surface area contributed by atoms with Crippen LogP contribution in [0, 0.1) is 5.92 Å². The molecule has 18 heavy (non-hydrogen) atoms. The summed E-state index contributed by atoms with van der Waals surface area (Å²) in [4.78, 5) is 14.4. The molecule has 2 atom stereocenters. The first-order valence-electron chi connectivity index (χ1n) is 6.90.